The third-order valence-electron chi connectivity index (χ3n) is 2.42. The molecule has 1 N–H and O–H groups in total. The monoisotopic (exact) mass is 237 g/mol. The lowest BCUT2D eigenvalue weighted by Crippen LogP contribution is -2.15. The van der Waals surface area contributed by atoms with Crippen LogP contribution in [0.3, 0.4) is 0 Å². The fourth-order valence-corrected chi connectivity index (χ4v) is 2.10. The van der Waals surface area contributed by atoms with E-state index in [-0.39, 0.29) is 12.0 Å². The number of aliphatic hydroxyl groups is 1. The van der Waals surface area contributed by atoms with Gasteiger partial charge in [0.15, 0.2) is 0 Å². The molecule has 0 aromatic heterocycles. The second kappa shape index (κ2) is 5.02. The molecule has 0 spiro atoms. The molecule has 0 bridgehead atoms. The summed E-state index contributed by atoms with van der Waals surface area (Å²) in [4.78, 5) is 0. The fraction of sp³-hybridized carbons (Fsp3) is 0.538. The second-order valence-electron chi connectivity index (χ2n) is 5.24. The quantitative estimate of drug-likeness (QED) is 0.819. The minimum absolute atomic E-state index is 0.0366. The van der Waals surface area contributed by atoms with Crippen LogP contribution in [0.25, 0.3) is 0 Å². The molecule has 0 saturated carbocycles. The van der Waals surface area contributed by atoms with Crippen molar-refractivity contribution in [2.75, 3.05) is 0 Å². The Labute approximate surface area is 100.0 Å². The van der Waals surface area contributed by atoms with Gasteiger partial charge in [-0.15, -0.1) is 0 Å². The summed E-state index contributed by atoms with van der Waals surface area (Å²) in [6.07, 6.45) is 0. The standard InChI is InChI=1S/C13H21O2Si/c1-13(2,3)11-7-6-10(9-14)12(8-11)15-16(4)5/h6-8,14H,9H2,1-5H3. The summed E-state index contributed by atoms with van der Waals surface area (Å²) in [5, 5.41) is 9.26. The summed E-state index contributed by atoms with van der Waals surface area (Å²) in [7, 11) is -0.791. The van der Waals surface area contributed by atoms with Crippen molar-refractivity contribution in [2.45, 2.75) is 45.9 Å². The Morgan fingerprint density at radius 2 is 1.88 bits per heavy atom. The molecule has 1 aromatic carbocycles. The van der Waals surface area contributed by atoms with Gasteiger partial charge in [0.2, 0.25) is 0 Å². The van der Waals surface area contributed by atoms with E-state index in [1.807, 2.05) is 6.07 Å². The van der Waals surface area contributed by atoms with Gasteiger partial charge in [-0.25, -0.2) is 0 Å². The van der Waals surface area contributed by atoms with Gasteiger partial charge in [-0.2, -0.15) is 0 Å². The van der Waals surface area contributed by atoms with Gasteiger partial charge in [0, 0.05) is 5.56 Å². The van der Waals surface area contributed by atoms with E-state index in [0.29, 0.717) is 0 Å². The van der Waals surface area contributed by atoms with Crippen LogP contribution >= 0.6 is 0 Å². The Kier molecular flexibility index (Phi) is 4.16. The summed E-state index contributed by atoms with van der Waals surface area (Å²) in [6.45, 7) is 10.7. The molecule has 1 rings (SSSR count). The lowest BCUT2D eigenvalue weighted by molar-refractivity contribution is 0.278. The van der Waals surface area contributed by atoms with Gasteiger partial charge < -0.3 is 9.53 Å². The average molecular weight is 237 g/mol. The van der Waals surface area contributed by atoms with Gasteiger partial charge in [0.05, 0.1) is 6.61 Å². The van der Waals surface area contributed by atoms with Gasteiger partial charge in [0.1, 0.15) is 5.75 Å². The molecule has 0 aliphatic rings. The van der Waals surface area contributed by atoms with Crippen molar-refractivity contribution in [1.29, 1.82) is 0 Å². The first-order chi connectivity index (χ1) is 7.34. The molecule has 0 aliphatic carbocycles. The first-order valence-corrected chi connectivity index (χ1v) is 7.97. The summed E-state index contributed by atoms with van der Waals surface area (Å²) in [5.41, 5.74) is 2.22. The molecule has 0 saturated heterocycles. The molecule has 0 fully saturated rings. The fourth-order valence-electron chi connectivity index (χ4n) is 1.47. The highest BCUT2D eigenvalue weighted by Crippen LogP contribution is 2.29. The number of benzene rings is 1. The van der Waals surface area contributed by atoms with Crippen molar-refractivity contribution in [3.05, 3.63) is 29.3 Å². The van der Waals surface area contributed by atoms with Crippen LogP contribution < -0.4 is 4.43 Å². The van der Waals surface area contributed by atoms with E-state index in [0.717, 1.165) is 11.3 Å². The van der Waals surface area contributed by atoms with E-state index in [2.05, 4.69) is 46.0 Å². The molecule has 0 atom stereocenters. The maximum atomic E-state index is 9.26. The van der Waals surface area contributed by atoms with E-state index in [1.165, 1.54) is 5.56 Å². The zero-order valence-electron chi connectivity index (χ0n) is 10.8. The van der Waals surface area contributed by atoms with Crippen LogP contribution in [0.15, 0.2) is 18.2 Å². The molecule has 16 heavy (non-hydrogen) atoms. The third kappa shape index (κ3) is 3.35. The van der Waals surface area contributed by atoms with Gasteiger partial charge in [-0.1, -0.05) is 32.9 Å². The lowest BCUT2D eigenvalue weighted by Gasteiger charge is -2.22. The molecule has 0 unspecified atom stereocenters. The molecular weight excluding hydrogens is 216 g/mol. The predicted octanol–water partition coefficient (Wildman–Crippen LogP) is 3.11. The second-order valence-corrected chi connectivity index (χ2v) is 7.26. The first kappa shape index (κ1) is 13.3. The number of hydrogen-bond acceptors (Lipinski definition) is 2. The normalized spacial score (nSPS) is 11.9. The number of rotatable bonds is 3. The molecule has 0 amide bonds. The van der Waals surface area contributed by atoms with E-state index < -0.39 is 9.04 Å². The van der Waals surface area contributed by atoms with Crippen molar-refractivity contribution in [1.82, 2.24) is 0 Å². The highest BCUT2D eigenvalue weighted by atomic mass is 28.3. The Morgan fingerprint density at radius 1 is 1.25 bits per heavy atom. The summed E-state index contributed by atoms with van der Waals surface area (Å²) in [5.74, 6) is 0.841. The van der Waals surface area contributed by atoms with Crippen molar-refractivity contribution in [3.63, 3.8) is 0 Å². The minimum atomic E-state index is -0.791. The summed E-state index contributed by atoms with van der Waals surface area (Å²) < 4.78 is 5.81. The third-order valence-corrected chi connectivity index (χ3v) is 3.05. The SMILES string of the molecule is C[Si](C)Oc1cc(C(C)(C)C)ccc1CO. The lowest BCUT2D eigenvalue weighted by atomic mass is 9.86. The van der Waals surface area contributed by atoms with Gasteiger partial charge in [0.25, 0.3) is 9.04 Å². The zero-order valence-corrected chi connectivity index (χ0v) is 11.8. The van der Waals surface area contributed by atoms with E-state index in [1.54, 1.807) is 0 Å². The molecule has 0 heterocycles. The van der Waals surface area contributed by atoms with Crippen LogP contribution in [0.2, 0.25) is 13.1 Å². The van der Waals surface area contributed by atoms with E-state index >= 15 is 0 Å². The molecule has 1 radical (unpaired) electrons. The number of hydrogen-bond donors (Lipinski definition) is 1. The largest absolute Gasteiger partial charge is 0.542 e. The van der Waals surface area contributed by atoms with Crippen LogP contribution in [-0.2, 0) is 12.0 Å². The Hall–Kier alpha value is -0.803. The van der Waals surface area contributed by atoms with Crippen LogP contribution in [0.5, 0.6) is 5.75 Å². The maximum absolute atomic E-state index is 9.26. The van der Waals surface area contributed by atoms with E-state index in [9.17, 15) is 5.11 Å². The highest BCUT2D eigenvalue weighted by Gasteiger charge is 2.16. The maximum Gasteiger partial charge on any atom is 0.274 e. The van der Waals surface area contributed by atoms with E-state index in [4.69, 9.17) is 4.43 Å². The molecule has 3 heteroatoms. The van der Waals surface area contributed by atoms with Crippen LogP contribution in [-0.4, -0.2) is 14.1 Å². The Bertz CT molecular complexity index is 353. The topological polar surface area (TPSA) is 29.5 Å². The summed E-state index contributed by atoms with van der Waals surface area (Å²) in [6, 6.07) is 6.08. The number of aliphatic hydroxyl groups excluding tert-OH is 1. The predicted molar refractivity (Wildman–Crippen MR) is 69.2 cm³/mol. The Balaban J connectivity index is 3.11. The van der Waals surface area contributed by atoms with Crippen LogP contribution in [0.4, 0.5) is 0 Å². The zero-order chi connectivity index (χ0) is 12.3. The van der Waals surface area contributed by atoms with Crippen molar-refractivity contribution in [2.24, 2.45) is 0 Å². The molecule has 0 aliphatic heterocycles. The average Bonchev–Trinajstić information content (AvgIpc) is 2.15. The summed E-state index contributed by atoms with van der Waals surface area (Å²) >= 11 is 0. The minimum Gasteiger partial charge on any atom is -0.542 e. The van der Waals surface area contributed by atoms with Crippen LogP contribution in [0, 0.1) is 0 Å². The highest BCUT2D eigenvalue weighted by molar-refractivity contribution is 6.49. The van der Waals surface area contributed by atoms with Crippen molar-refractivity contribution < 1.29 is 9.53 Å². The first-order valence-electron chi connectivity index (χ1n) is 5.57. The van der Waals surface area contributed by atoms with Gasteiger partial charge >= 0.3 is 0 Å². The van der Waals surface area contributed by atoms with Crippen molar-refractivity contribution >= 4 is 9.04 Å². The van der Waals surface area contributed by atoms with Crippen molar-refractivity contribution in [3.8, 4) is 5.75 Å². The van der Waals surface area contributed by atoms with Gasteiger partial charge in [-0.05, 0) is 30.1 Å². The molecular formula is C13H21O2Si. The molecule has 2 nitrogen and oxygen atoms in total. The smallest absolute Gasteiger partial charge is 0.274 e. The molecule has 89 valence electrons. The van der Waals surface area contributed by atoms with Crippen LogP contribution in [0.1, 0.15) is 31.9 Å². The van der Waals surface area contributed by atoms with Gasteiger partial charge in [-0.3, -0.25) is 0 Å². The molecule has 1 aromatic rings. The Morgan fingerprint density at radius 3 is 2.31 bits per heavy atom.